The maximum Gasteiger partial charge on any atom is 0.322 e. The fraction of sp³-hybridized carbons (Fsp3) is 0.583. The summed E-state index contributed by atoms with van der Waals surface area (Å²) in [6.45, 7) is 7.14. The van der Waals surface area contributed by atoms with E-state index in [-0.39, 0.29) is 12.0 Å². The van der Waals surface area contributed by atoms with E-state index in [1.807, 2.05) is 11.9 Å². The van der Waals surface area contributed by atoms with Crippen LogP contribution in [-0.2, 0) is 4.79 Å². The molecule has 100 valence electrons. The first-order chi connectivity index (χ1) is 8.28. The van der Waals surface area contributed by atoms with Crippen LogP contribution in [0.15, 0.2) is 12.4 Å². The molecule has 6 nitrogen and oxygen atoms in total. The number of aliphatic carboxylic acids is 1. The average molecular weight is 252 g/mol. The van der Waals surface area contributed by atoms with E-state index in [1.165, 1.54) is 6.33 Å². The third-order valence-electron chi connectivity index (χ3n) is 2.18. The first kappa shape index (κ1) is 14.2. The number of nitrogens with zero attached hydrogens (tertiary/aromatic N) is 3. The second kappa shape index (κ2) is 5.66. The fourth-order valence-electron chi connectivity index (χ4n) is 1.61. The van der Waals surface area contributed by atoms with E-state index in [1.54, 1.807) is 6.07 Å². The Morgan fingerprint density at radius 3 is 2.67 bits per heavy atom. The minimum atomic E-state index is -0.918. The number of hydrogen-bond acceptors (Lipinski definition) is 5. The number of aromatic nitrogens is 2. The van der Waals surface area contributed by atoms with Crippen molar-refractivity contribution >= 4 is 17.6 Å². The lowest BCUT2D eigenvalue weighted by atomic mass is 9.96. The predicted octanol–water partition coefficient (Wildman–Crippen LogP) is 1.46. The number of hydrogen-bond donors (Lipinski definition) is 2. The molecule has 0 amide bonds. The second-order valence-electron chi connectivity index (χ2n) is 5.43. The monoisotopic (exact) mass is 252 g/mol. The maximum atomic E-state index is 10.5. The molecule has 0 unspecified atom stereocenters. The zero-order chi connectivity index (χ0) is 13.8. The second-order valence-corrected chi connectivity index (χ2v) is 5.43. The fourth-order valence-corrected chi connectivity index (χ4v) is 1.61. The molecule has 0 saturated heterocycles. The molecule has 0 bridgehead atoms. The molecule has 0 saturated carbocycles. The van der Waals surface area contributed by atoms with E-state index >= 15 is 0 Å². The lowest BCUT2D eigenvalue weighted by Crippen LogP contribution is -2.29. The van der Waals surface area contributed by atoms with Crippen LogP contribution in [0.3, 0.4) is 0 Å². The smallest absolute Gasteiger partial charge is 0.322 e. The average Bonchev–Trinajstić information content (AvgIpc) is 2.24. The van der Waals surface area contributed by atoms with Crippen molar-refractivity contribution in [2.45, 2.75) is 20.8 Å². The zero-order valence-electron chi connectivity index (χ0n) is 11.3. The number of carboxylic acids is 1. The summed E-state index contributed by atoms with van der Waals surface area (Å²) >= 11 is 0. The minimum absolute atomic E-state index is 0.153. The van der Waals surface area contributed by atoms with Crippen LogP contribution in [0.25, 0.3) is 0 Å². The summed E-state index contributed by atoms with van der Waals surface area (Å²) in [5.74, 6) is 0.370. The molecule has 18 heavy (non-hydrogen) atoms. The summed E-state index contributed by atoms with van der Waals surface area (Å²) in [6.07, 6.45) is 1.43. The highest BCUT2D eigenvalue weighted by atomic mass is 16.4. The summed E-state index contributed by atoms with van der Waals surface area (Å²) in [6, 6.07) is 1.74. The van der Waals surface area contributed by atoms with Gasteiger partial charge in [0.2, 0.25) is 0 Å². The Balaban J connectivity index is 2.72. The molecule has 1 aromatic heterocycles. The van der Waals surface area contributed by atoms with Crippen molar-refractivity contribution < 1.29 is 9.90 Å². The van der Waals surface area contributed by atoms with Gasteiger partial charge in [-0.1, -0.05) is 20.8 Å². The van der Waals surface area contributed by atoms with E-state index in [0.717, 1.165) is 12.4 Å². The van der Waals surface area contributed by atoms with Crippen LogP contribution in [-0.4, -0.2) is 41.2 Å². The highest BCUT2D eigenvalue weighted by Gasteiger charge is 2.15. The number of nitrogens with one attached hydrogen (secondary N) is 1. The molecule has 0 spiro atoms. The van der Waals surface area contributed by atoms with Crippen molar-refractivity contribution in [1.82, 2.24) is 9.97 Å². The molecule has 0 radical (unpaired) electrons. The predicted molar refractivity (Wildman–Crippen MR) is 70.9 cm³/mol. The van der Waals surface area contributed by atoms with Crippen LogP contribution in [0.4, 0.5) is 11.6 Å². The Kier molecular flexibility index (Phi) is 4.47. The summed E-state index contributed by atoms with van der Waals surface area (Å²) in [5, 5.41) is 11.3. The van der Waals surface area contributed by atoms with Crippen LogP contribution in [0.5, 0.6) is 0 Å². The van der Waals surface area contributed by atoms with E-state index in [0.29, 0.717) is 5.82 Å². The van der Waals surface area contributed by atoms with Crippen LogP contribution in [0.1, 0.15) is 20.8 Å². The van der Waals surface area contributed by atoms with Gasteiger partial charge in [0.25, 0.3) is 0 Å². The third kappa shape index (κ3) is 4.99. The molecule has 0 atom stereocenters. The third-order valence-corrected chi connectivity index (χ3v) is 2.18. The van der Waals surface area contributed by atoms with Crippen molar-refractivity contribution in [2.24, 2.45) is 5.41 Å². The van der Waals surface area contributed by atoms with Gasteiger partial charge in [-0.2, -0.15) is 0 Å². The molecular weight excluding hydrogens is 232 g/mol. The molecule has 1 aromatic rings. The molecule has 0 aliphatic carbocycles. The molecule has 0 aliphatic rings. The van der Waals surface area contributed by atoms with Gasteiger partial charge in [0.15, 0.2) is 0 Å². The lowest BCUT2D eigenvalue weighted by molar-refractivity contribution is -0.134. The first-order valence-corrected chi connectivity index (χ1v) is 5.77. The minimum Gasteiger partial charge on any atom is -0.480 e. The van der Waals surface area contributed by atoms with Crippen molar-refractivity contribution in [3.63, 3.8) is 0 Å². The number of carbonyl (C=O) groups is 1. The van der Waals surface area contributed by atoms with Crippen LogP contribution < -0.4 is 10.2 Å². The van der Waals surface area contributed by atoms with Gasteiger partial charge in [-0.3, -0.25) is 4.79 Å². The summed E-state index contributed by atoms with van der Waals surface area (Å²) in [7, 11) is 1.95. The first-order valence-electron chi connectivity index (χ1n) is 5.77. The Hall–Kier alpha value is -1.85. The SMILES string of the molecule is CN(CC(C)(C)C)c1cc(NCC(=O)O)ncn1. The molecule has 0 aromatic carbocycles. The molecule has 0 aliphatic heterocycles. The van der Waals surface area contributed by atoms with Gasteiger partial charge < -0.3 is 15.3 Å². The lowest BCUT2D eigenvalue weighted by Gasteiger charge is -2.27. The van der Waals surface area contributed by atoms with E-state index in [4.69, 9.17) is 5.11 Å². The van der Waals surface area contributed by atoms with E-state index < -0.39 is 5.97 Å². The van der Waals surface area contributed by atoms with Gasteiger partial charge >= 0.3 is 5.97 Å². The maximum absolute atomic E-state index is 10.5. The van der Waals surface area contributed by atoms with Crippen molar-refractivity contribution in [3.05, 3.63) is 12.4 Å². The van der Waals surface area contributed by atoms with Crippen LogP contribution in [0, 0.1) is 5.41 Å². The number of anilines is 2. The van der Waals surface area contributed by atoms with Gasteiger partial charge in [-0.05, 0) is 5.41 Å². The summed E-state index contributed by atoms with van der Waals surface area (Å²) in [5.41, 5.74) is 0.161. The zero-order valence-corrected chi connectivity index (χ0v) is 11.3. The Bertz CT molecular complexity index is 415. The molecule has 1 heterocycles. The quantitative estimate of drug-likeness (QED) is 0.826. The van der Waals surface area contributed by atoms with Crippen LogP contribution >= 0.6 is 0 Å². The molecule has 2 N–H and O–H groups in total. The highest BCUT2D eigenvalue weighted by Crippen LogP contribution is 2.19. The Morgan fingerprint density at radius 2 is 2.11 bits per heavy atom. The van der Waals surface area contributed by atoms with Crippen molar-refractivity contribution in [3.8, 4) is 0 Å². The summed E-state index contributed by atoms with van der Waals surface area (Å²) in [4.78, 5) is 20.6. The summed E-state index contributed by atoms with van der Waals surface area (Å²) < 4.78 is 0. The van der Waals surface area contributed by atoms with Gasteiger partial charge in [-0.15, -0.1) is 0 Å². The van der Waals surface area contributed by atoms with Crippen LogP contribution in [0.2, 0.25) is 0 Å². The van der Waals surface area contributed by atoms with Crippen molar-refractivity contribution in [1.29, 1.82) is 0 Å². The number of carboxylic acid groups (broad SMARTS) is 1. The number of rotatable bonds is 5. The van der Waals surface area contributed by atoms with Gasteiger partial charge in [0.05, 0.1) is 0 Å². The standard InChI is InChI=1S/C12H20N4O2/c1-12(2,3)7-16(4)10-5-9(14-8-15-10)13-6-11(17)18/h5,8H,6-7H2,1-4H3,(H,17,18)(H,13,14,15). The molecule has 0 fully saturated rings. The normalized spacial score (nSPS) is 11.1. The highest BCUT2D eigenvalue weighted by molar-refractivity contribution is 5.72. The Labute approximate surface area is 107 Å². The van der Waals surface area contributed by atoms with E-state index in [2.05, 4.69) is 36.1 Å². The van der Waals surface area contributed by atoms with E-state index in [9.17, 15) is 4.79 Å². The van der Waals surface area contributed by atoms with Crippen molar-refractivity contribution in [2.75, 3.05) is 30.4 Å². The van der Waals surface area contributed by atoms with Gasteiger partial charge in [0, 0.05) is 19.7 Å². The topological polar surface area (TPSA) is 78.4 Å². The molecular formula is C12H20N4O2. The molecule has 1 rings (SSSR count). The van der Waals surface area contributed by atoms with Gasteiger partial charge in [0.1, 0.15) is 24.5 Å². The molecule has 6 heteroatoms. The Morgan fingerprint density at radius 1 is 1.44 bits per heavy atom. The largest absolute Gasteiger partial charge is 0.480 e. The van der Waals surface area contributed by atoms with Gasteiger partial charge in [-0.25, -0.2) is 9.97 Å².